The molecule has 1 aromatic rings. The number of nitrogens with zero attached hydrogens (tertiary/aromatic N) is 1. The zero-order chi connectivity index (χ0) is 7.56. The lowest BCUT2D eigenvalue weighted by Gasteiger charge is -1.99. The number of pyridine rings is 1. The zero-order valence-corrected chi connectivity index (χ0v) is 9.18. The van der Waals surface area contributed by atoms with Gasteiger partial charge in [-0.3, -0.25) is 4.98 Å². The lowest BCUT2D eigenvalue weighted by atomic mass is 10.3. The molecule has 0 aromatic carbocycles. The molecular weight excluding hydrogens is 270 g/mol. The molecule has 70 valence electrons. The first-order valence-electron chi connectivity index (χ1n) is 2.73. The normalized spacial score (nSPS) is 8.25. The summed E-state index contributed by atoms with van der Waals surface area (Å²) in [7, 11) is 0. The van der Waals surface area contributed by atoms with Crippen LogP contribution in [0.1, 0.15) is 5.56 Å². The van der Waals surface area contributed by atoms with Crippen molar-refractivity contribution >= 4 is 40.7 Å². The molecule has 0 fully saturated rings. The Morgan fingerprint density at radius 1 is 1.42 bits per heavy atom. The third-order valence-corrected chi connectivity index (χ3v) is 1.84. The number of nitrogens with two attached hydrogens (primary N) is 1. The van der Waals surface area contributed by atoms with Gasteiger partial charge in [-0.15, -0.1) is 24.8 Å². The van der Waals surface area contributed by atoms with Gasteiger partial charge in [0.2, 0.25) is 0 Å². The minimum absolute atomic E-state index is 0. The monoisotopic (exact) mass is 276 g/mol. The third kappa shape index (κ3) is 3.23. The van der Waals surface area contributed by atoms with Crippen LogP contribution in [0, 0.1) is 5.82 Å². The molecule has 0 aliphatic carbocycles. The molecule has 0 amide bonds. The summed E-state index contributed by atoms with van der Waals surface area (Å²) in [5, 5.41) is 0. The van der Waals surface area contributed by atoms with E-state index >= 15 is 0 Å². The molecule has 2 nitrogen and oxygen atoms in total. The van der Waals surface area contributed by atoms with Crippen molar-refractivity contribution in [2.45, 2.75) is 6.54 Å². The van der Waals surface area contributed by atoms with E-state index < -0.39 is 0 Å². The van der Waals surface area contributed by atoms with Gasteiger partial charge in [0.05, 0.1) is 6.20 Å². The molecule has 0 atom stereocenters. The fraction of sp³-hybridized carbons (Fsp3) is 0.167. The molecule has 0 radical (unpaired) electrons. The van der Waals surface area contributed by atoms with Gasteiger partial charge in [-0.05, 0) is 15.9 Å². The summed E-state index contributed by atoms with van der Waals surface area (Å²) in [6, 6.07) is 0. The molecular formula is C6H8BrCl2FN2. The molecule has 0 aliphatic heterocycles. The Labute approximate surface area is 90.7 Å². The highest BCUT2D eigenvalue weighted by atomic mass is 79.9. The molecule has 12 heavy (non-hydrogen) atoms. The Morgan fingerprint density at radius 2 is 2.00 bits per heavy atom. The Balaban J connectivity index is 0. The second-order valence-corrected chi connectivity index (χ2v) is 2.64. The van der Waals surface area contributed by atoms with Crippen LogP contribution in [-0.4, -0.2) is 4.98 Å². The molecule has 1 aromatic heterocycles. The van der Waals surface area contributed by atoms with Crippen LogP contribution in [0.5, 0.6) is 0 Å². The molecule has 0 spiro atoms. The van der Waals surface area contributed by atoms with E-state index in [1.807, 2.05) is 0 Å². The van der Waals surface area contributed by atoms with Gasteiger partial charge in [-0.2, -0.15) is 0 Å². The predicted molar refractivity (Wildman–Crippen MR) is 54.3 cm³/mol. The molecule has 1 heterocycles. The Morgan fingerprint density at radius 3 is 2.33 bits per heavy atom. The van der Waals surface area contributed by atoms with Gasteiger partial charge in [-0.1, -0.05) is 0 Å². The summed E-state index contributed by atoms with van der Waals surface area (Å²) in [6.45, 7) is 0.189. The minimum Gasteiger partial charge on any atom is -0.326 e. The van der Waals surface area contributed by atoms with Gasteiger partial charge >= 0.3 is 0 Å². The Kier molecular flexibility index (Phi) is 8.04. The van der Waals surface area contributed by atoms with E-state index in [1.54, 1.807) is 0 Å². The van der Waals surface area contributed by atoms with Gasteiger partial charge in [-0.25, -0.2) is 4.39 Å². The molecule has 0 bridgehead atoms. The summed E-state index contributed by atoms with van der Waals surface area (Å²) in [6.07, 6.45) is 2.66. The van der Waals surface area contributed by atoms with Crippen LogP contribution in [0.4, 0.5) is 4.39 Å². The second-order valence-electron chi connectivity index (χ2n) is 1.79. The first-order valence-corrected chi connectivity index (χ1v) is 3.53. The predicted octanol–water partition coefficient (Wildman–Crippen LogP) is 2.29. The molecule has 0 saturated carbocycles. The average molecular weight is 278 g/mol. The number of halogens is 4. The SMILES string of the molecule is Cl.Cl.NCc1c(F)cncc1Br. The maximum absolute atomic E-state index is 12.7. The topological polar surface area (TPSA) is 38.9 Å². The van der Waals surface area contributed by atoms with Crippen LogP contribution in [-0.2, 0) is 6.54 Å². The molecule has 1 rings (SSSR count). The Bertz CT molecular complexity index is 227. The second kappa shape index (κ2) is 6.60. The first-order chi connectivity index (χ1) is 4.75. The van der Waals surface area contributed by atoms with Crippen molar-refractivity contribution in [3.8, 4) is 0 Å². The van der Waals surface area contributed by atoms with Crippen LogP contribution in [0.2, 0.25) is 0 Å². The van der Waals surface area contributed by atoms with Gasteiger partial charge in [0.1, 0.15) is 5.82 Å². The number of hydrogen-bond donors (Lipinski definition) is 1. The van der Waals surface area contributed by atoms with E-state index in [-0.39, 0.29) is 37.2 Å². The van der Waals surface area contributed by atoms with Crippen molar-refractivity contribution in [2.75, 3.05) is 0 Å². The number of hydrogen-bond acceptors (Lipinski definition) is 2. The number of aromatic nitrogens is 1. The van der Waals surface area contributed by atoms with E-state index in [1.165, 1.54) is 6.20 Å². The van der Waals surface area contributed by atoms with Gasteiger partial charge in [0, 0.05) is 22.8 Å². The standard InChI is InChI=1S/C6H6BrFN2.2ClH/c7-5-2-10-3-6(8)4(5)1-9;;/h2-3H,1,9H2;2*1H. The molecule has 0 aliphatic rings. The molecule has 0 saturated heterocycles. The number of rotatable bonds is 1. The smallest absolute Gasteiger partial charge is 0.147 e. The average Bonchev–Trinajstić information content (AvgIpc) is 1.88. The highest BCUT2D eigenvalue weighted by molar-refractivity contribution is 9.10. The zero-order valence-electron chi connectivity index (χ0n) is 5.96. The van der Waals surface area contributed by atoms with E-state index in [0.29, 0.717) is 10.0 Å². The molecule has 0 unspecified atom stereocenters. The quantitative estimate of drug-likeness (QED) is 0.855. The largest absolute Gasteiger partial charge is 0.326 e. The molecule has 6 heteroatoms. The van der Waals surface area contributed by atoms with E-state index in [0.717, 1.165) is 6.20 Å². The van der Waals surface area contributed by atoms with E-state index in [9.17, 15) is 4.39 Å². The minimum atomic E-state index is -0.364. The van der Waals surface area contributed by atoms with E-state index in [4.69, 9.17) is 5.73 Å². The van der Waals surface area contributed by atoms with Crippen LogP contribution in [0.15, 0.2) is 16.9 Å². The van der Waals surface area contributed by atoms with Gasteiger partial charge < -0.3 is 5.73 Å². The van der Waals surface area contributed by atoms with Crippen molar-refractivity contribution in [3.05, 3.63) is 28.2 Å². The van der Waals surface area contributed by atoms with Crippen molar-refractivity contribution in [2.24, 2.45) is 5.73 Å². The van der Waals surface area contributed by atoms with Crippen molar-refractivity contribution in [3.63, 3.8) is 0 Å². The fourth-order valence-electron chi connectivity index (χ4n) is 0.633. The summed E-state index contributed by atoms with van der Waals surface area (Å²) < 4.78 is 13.3. The van der Waals surface area contributed by atoms with Crippen LogP contribution >= 0.6 is 40.7 Å². The van der Waals surface area contributed by atoms with Crippen molar-refractivity contribution < 1.29 is 4.39 Å². The van der Waals surface area contributed by atoms with Crippen LogP contribution in [0.3, 0.4) is 0 Å². The molecule has 2 N–H and O–H groups in total. The van der Waals surface area contributed by atoms with Crippen molar-refractivity contribution in [1.29, 1.82) is 0 Å². The summed E-state index contributed by atoms with van der Waals surface area (Å²) in [5.41, 5.74) is 5.72. The third-order valence-electron chi connectivity index (χ3n) is 1.16. The van der Waals surface area contributed by atoms with Crippen molar-refractivity contribution in [1.82, 2.24) is 4.98 Å². The summed E-state index contributed by atoms with van der Waals surface area (Å²) in [4.78, 5) is 3.61. The first kappa shape index (κ1) is 14.6. The highest BCUT2D eigenvalue weighted by Gasteiger charge is 2.03. The lowest BCUT2D eigenvalue weighted by molar-refractivity contribution is 0.602. The maximum Gasteiger partial charge on any atom is 0.147 e. The summed E-state index contributed by atoms with van der Waals surface area (Å²) >= 11 is 3.12. The lowest BCUT2D eigenvalue weighted by Crippen LogP contribution is -2.01. The van der Waals surface area contributed by atoms with Gasteiger partial charge in [0.25, 0.3) is 0 Å². The highest BCUT2D eigenvalue weighted by Crippen LogP contribution is 2.16. The maximum atomic E-state index is 12.7. The van der Waals surface area contributed by atoms with Gasteiger partial charge in [0.15, 0.2) is 0 Å². The van der Waals surface area contributed by atoms with Crippen LogP contribution in [0.25, 0.3) is 0 Å². The van der Waals surface area contributed by atoms with Crippen LogP contribution < -0.4 is 5.73 Å². The Hall–Kier alpha value is 0.1000. The fourth-order valence-corrected chi connectivity index (χ4v) is 1.10. The van der Waals surface area contributed by atoms with E-state index in [2.05, 4.69) is 20.9 Å². The summed E-state index contributed by atoms with van der Waals surface area (Å²) in [5.74, 6) is -0.364.